The van der Waals surface area contributed by atoms with Gasteiger partial charge in [0.25, 0.3) is 5.91 Å². The van der Waals surface area contributed by atoms with Crippen LogP contribution in [0.5, 0.6) is 0 Å². The smallest absolute Gasteiger partial charge is 0.324 e. The van der Waals surface area contributed by atoms with Gasteiger partial charge in [-0.25, -0.2) is 8.42 Å². The molecule has 0 N–H and O–H groups in total. The number of hydrogen-bond acceptors (Lipinski definition) is 6. The highest BCUT2D eigenvalue weighted by molar-refractivity contribution is 7.89. The van der Waals surface area contributed by atoms with E-state index >= 15 is 0 Å². The van der Waals surface area contributed by atoms with Gasteiger partial charge in [-0.15, -0.1) is 0 Å². The fourth-order valence-corrected chi connectivity index (χ4v) is 5.59. The summed E-state index contributed by atoms with van der Waals surface area (Å²) < 4.78 is 26.8. The molecular weight excluding hydrogens is 437 g/mol. The predicted octanol–water partition coefficient (Wildman–Crippen LogP) is 3.11. The van der Waals surface area contributed by atoms with Gasteiger partial charge in [0, 0.05) is 37.3 Å². The third kappa shape index (κ3) is 4.09. The number of benzene rings is 1. The van der Waals surface area contributed by atoms with Gasteiger partial charge in [-0.3, -0.25) is 14.9 Å². The van der Waals surface area contributed by atoms with Crippen LogP contribution < -0.4 is 0 Å². The molecule has 1 aliphatic rings. The Bertz CT molecular complexity index is 1000. The standard InChI is InChI=1S/C15H13Cl2N3O5S2/c16-10-1-2-11(17)13(9-10)27(24,25)19-7-5-18(6-8-19)15(21)12-3-4-14(26-12)20(22)23/h1-4,9H,5-8H2. The number of halogens is 2. The Morgan fingerprint density at radius 2 is 1.78 bits per heavy atom. The Balaban J connectivity index is 1.71. The lowest BCUT2D eigenvalue weighted by Gasteiger charge is -2.33. The fourth-order valence-electron chi connectivity index (χ4n) is 2.64. The number of thiophene rings is 1. The van der Waals surface area contributed by atoms with Gasteiger partial charge in [-0.1, -0.05) is 34.5 Å². The maximum absolute atomic E-state index is 12.8. The van der Waals surface area contributed by atoms with E-state index in [1.165, 1.54) is 39.5 Å². The molecule has 2 heterocycles. The Labute approximate surface area is 169 Å². The molecule has 1 aromatic heterocycles. The second-order valence-electron chi connectivity index (χ2n) is 5.67. The lowest BCUT2D eigenvalue weighted by Crippen LogP contribution is -2.50. The van der Waals surface area contributed by atoms with Crippen LogP contribution in [-0.4, -0.2) is 54.6 Å². The van der Waals surface area contributed by atoms with Crippen molar-refractivity contribution >= 4 is 55.5 Å². The van der Waals surface area contributed by atoms with Crippen molar-refractivity contribution in [2.24, 2.45) is 0 Å². The Morgan fingerprint density at radius 1 is 1.11 bits per heavy atom. The fraction of sp³-hybridized carbons (Fsp3) is 0.267. The summed E-state index contributed by atoms with van der Waals surface area (Å²) in [6.45, 7) is 0.513. The number of carbonyl (C=O) groups excluding carboxylic acids is 1. The maximum atomic E-state index is 12.8. The molecule has 0 radical (unpaired) electrons. The number of piperazine rings is 1. The number of nitrogens with zero attached hydrogens (tertiary/aromatic N) is 3. The van der Waals surface area contributed by atoms with E-state index in [0.717, 1.165) is 11.3 Å². The molecular formula is C15H13Cl2N3O5S2. The summed E-state index contributed by atoms with van der Waals surface area (Å²) in [6.07, 6.45) is 0. The van der Waals surface area contributed by atoms with Crippen LogP contribution in [0, 0.1) is 10.1 Å². The number of rotatable bonds is 4. The van der Waals surface area contributed by atoms with Crippen molar-refractivity contribution in [2.75, 3.05) is 26.2 Å². The molecule has 12 heteroatoms. The van der Waals surface area contributed by atoms with E-state index in [9.17, 15) is 23.3 Å². The van der Waals surface area contributed by atoms with Crippen LogP contribution in [0.4, 0.5) is 5.00 Å². The highest BCUT2D eigenvalue weighted by atomic mass is 35.5. The summed E-state index contributed by atoms with van der Waals surface area (Å²) in [5, 5.41) is 11.0. The largest absolute Gasteiger partial charge is 0.335 e. The molecule has 0 atom stereocenters. The van der Waals surface area contributed by atoms with Crippen molar-refractivity contribution in [3.05, 3.63) is 55.4 Å². The van der Waals surface area contributed by atoms with E-state index in [-0.39, 0.29) is 56.9 Å². The molecule has 0 bridgehead atoms. The van der Waals surface area contributed by atoms with E-state index < -0.39 is 14.9 Å². The number of sulfonamides is 1. The molecule has 1 aliphatic heterocycles. The van der Waals surface area contributed by atoms with Crippen molar-refractivity contribution < 1.29 is 18.1 Å². The average molecular weight is 450 g/mol. The molecule has 27 heavy (non-hydrogen) atoms. The Morgan fingerprint density at radius 3 is 2.37 bits per heavy atom. The highest BCUT2D eigenvalue weighted by Crippen LogP contribution is 2.29. The van der Waals surface area contributed by atoms with Crippen LogP contribution in [-0.2, 0) is 10.0 Å². The zero-order valence-corrected chi connectivity index (χ0v) is 16.8. The zero-order valence-electron chi connectivity index (χ0n) is 13.7. The first-order valence-electron chi connectivity index (χ1n) is 7.69. The van der Waals surface area contributed by atoms with Crippen molar-refractivity contribution in [1.82, 2.24) is 9.21 Å². The van der Waals surface area contributed by atoms with Gasteiger partial charge < -0.3 is 4.90 Å². The van der Waals surface area contributed by atoms with Crippen molar-refractivity contribution in [3.63, 3.8) is 0 Å². The van der Waals surface area contributed by atoms with Crippen LogP contribution >= 0.6 is 34.5 Å². The van der Waals surface area contributed by atoms with Gasteiger partial charge in [0.2, 0.25) is 10.0 Å². The highest BCUT2D eigenvalue weighted by Gasteiger charge is 2.32. The molecule has 1 saturated heterocycles. The minimum atomic E-state index is -3.84. The number of carbonyl (C=O) groups is 1. The quantitative estimate of drug-likeness (QED) is 0.526. The van der Waals surface area contributed by atoms with Gasteiger partial charge in [0.15, 0.2) is 0 Å². The van der Waals surface area contributed by atoms with Gasteiger partial charge in [-0.05, 0) is 24.3 Å². The number of hydrogen-bond donors (Lipinski definition) is 0. The van der Waals surface area contributed by atoms with Crippen molar-refractivity contribution in [1.29, 1.82) is 0 Å². The first-order valence-corrected chi connectivity index (χ1v) is 10.7. The van der Waals surface area contributed by atoms with Crippen molar-refractivity contribution in [2.45, 2.75) is 4.90 Å². The Kier molecular flexibility index (Phi) is 5.73. The summed E-state index contributed by atoms with van der Waals surface area (Å²) in [5.74, 6) is -0.356. The van der Waals surface area contributed by atoms with Crippen LogP contribution in [0.15, 0.2) is 35.2 Å². The first-order chi connectivity index (χ1) is 12.7. The number of amides is 1. The summed E-state index contributed by atoms with van der Waals surface area (Å²) >= 11 is 12.7. The monoisotopic (exact) mass is 449 g/mol. The summed E-state index contributed by atoms with van der Waals surface area (Å²) in [5.41, 5.74) is 0. The lowest BCUT2D eigenvalue weighted by molar-refractivity contribution is -0.380. The van der Waals surface area contributed by atoms with Crippen LogP contribution in [0.25, 0.3) is 0 Å². The van der Waals surface area contributed by atoms with E-state index in [0.29, 0.717) is 0 Å². The normalized spacial score (nSPS) is 15.7. The van der Waals surface area contributed by atoms with Gasteiger partial charge in [0.05, 0.1) is 14.8 Å². The topological polar surface area (TPSA) is 101 Å². The molecule has 3 rings (SSSR count). The molecule has 144 valence electrons. The van der Waals surface area contributed by atoms with Crippen molar-refractivity contribution in [3.8, 4) is 0 Å². The predicted molar refractivity (Wildman–Crippen MR) is 102 cm³/mol. The van der Waals surface area contributed by atoms with E-state index in [1.807, 2.05) is 0 Å². The second kappa shape index (κ2) is 7.72. The maximum Gasteiger partial charge on any atom is 0.324 e. The molecule has 0 unspecified atom stereocenters. The first kappa shape index (κ1) is 20.0. The molecule has 8 nitrogen and oxygen atoms in total. The summed E-state index contributed by atoms with van der Waals surface area (Å²) in [6, 6.07) is 6.89. The van der Waals surface area contributed by atoms with E-state index in [2.05, 4.69) is 0 Å². The molecule has 0 spiro atoms. The SMILES string of the molecule is O=C(c1ccc([N+](=O)[O-])s1)N1CCN(S(=O)(=O)c2cc(Cl)ccc2Cl)CC1. The molecule has 1 fully saturated rings. The minimum Gasteiger partial charge on any atom is -0.335 e. The van der Waals surface area contributed by atoms with Crippen LogP contribution in [0.1, 0.15) is 9.67 Å². The Hall–Kier alpha value is -1.72. The molecule has 0 saturated carbocycles. The summed E-state index contributed by atoms with van der Waals surface area (Å²) in [4.78, 5) is 24.3. The molecule has 1 aromatic carbocycles. The molecule has 2 aromatic rings. The van der Waals surface area contributed by atoms with Gasteiger partial charge in [-0.2, -0.15) is 4.31 Å². The van der Waals surface area contributed by atoms with Gasteiger partial charge in [0.1, 0.15) is 4.90 Å². The van der Waals surface area contributed by atoms with Crippen LogP contribution in [0.3, 0.4) is 0 Å². The minimum absolute atomic E-state index is 0.0730. The molecule has 0 aliphatic carbocycles. The third-order valence-corrected chi connectivity index (χ3v) is 7.66. The van der Waals surface area contributed by atoms with E-state index in [4.69, 9.17) is 23.2 Å². The third-order valence-electron chi connectivity index (χ3n) is 4.02. The van der Waals surface area contributed by atoms with E-state index in [1.54, 1.807) is 0 Å². The second-order valence-corrected chi connectivity index (χ2v) is 9.48. The lowest BCUT2D eigenvalue weighted by atomic mass is 10.3. The summed E-state index contributed by atoms with van der Waals surface area (Å²) in [7, 11) is -3.84. The molecule has 1 amide bonds. The van der Waals surface area contributed by atoms with Crippen LogP contribution in [0.2, 0.25) is 10.0 Å². The van der Waals surface area contributed by atoms with Gasteiger partial charge >= 0.3 is 5.00 Å². The number of nitro groups is 1. The zero-order chi connectivity index (χ0) is 19.8. The average Bonchev–Trinajstić information content (AvgIpc) is 3.13.